The zero-order valence-electron chi connectivity index (χ0n) is 18.7. The van der Waals surface area contributed by atoms with E-state index in [-0.39, 0.29) is 48.7 Å². The Kier molecular flexibility index (Phi) is 13.0. The Morgan fingerprint density at radius 1 is 1.03 bits per heavy atom. The molecule has 11 heteroatoms. The molecule has 188 valence electrons. The number of rotatable bonds is 11. The molecule has 2 aromatic carbocycles. The van der Waals surface area contributed by atoms with Crippen molar-refractivity contribution in [3.05, 3.63) is 70.0 Å². The predicted molar refractivity (Wildman–Crippen MR) is 132 cm³/mol. The number of ether oxygens (including phenoxy) is 1. The van der Waals surface area contributed by atoms with Crippen LogP contribution in [0, 0.1) is 15.9 Å². The van der Waals surface area contributed by atoms with Crippen LogP contribution < -0.4 is 4.74 Å². The minimum Gasteiger partial charge on any atom is -0.491 e. The number of benzene rings is 2. The van der Waals surface area contributed by atoms with Crippen LogP contribution in [0.3, 0.4) is 0 Å². The molecule has 1 N–H and O–H groups in total. The number of nitro benzene ring substituents is 1. The monoisotopic (exact) mass is 517 g/mol. The standard InChI is InChI=1S/C23H28FN3O5.2ClH/c24-19-5-3-18(4-6-19)23(29)2-1-11-25-12-14-26(15-13-25)16-21(28)17-32-22-9-7-20(8-10-22)27(30)31;;/h3-10,21,28H,1-2,11-17H2;2*1H. The van der Waals surface area contributed by atoms with Gasteiger partial charge in [0.25, 0.3) is 5.69 Å². The van der Waals surface area contributed by atoms with E-state index in [4.69, 9.17) is 4.74 Å². The van der Waals surface area contributed by atoms with Gasteiger partial charge in [-0.15, -0.1) is 24.8 Å². The van der Waals surface area contributed by atoms with Gasteiger partial charge >= 0.3 is 0 Å². The SMILES string of the molecule is Cl.Cl.O=C(CCCN1CCN(CC(O)COc2ccc([N+](=O)[O-])cc2)CC1)c1ccc(F)cc1. The fourth-order valence-electron chi connectivity index (χ4n) is 3.65. The first-order valence-corrected chi connectivity index (χ1v) is 10.7. The third kappa shape index (κ3) is 9.52. The number of hydrogen-bond donors (Lipinski definition) is 1. The molecule has 0 amide bonds. The zero-order chi connectivity index (χ0) is 22.9. The molecule has 1 heterocycles. The van der Waals surface area contributed by atoms with Crippen LogP contribution in [0.2, 0.25) is 0 Å². The summed E-state index contributed by atoms with van der Waals surface area (Å²) in [6.45, 7) is 4.79. The number of Topliss-reactive ketones (excluding diaryl/α,β-unsaturated/α-hetero) is 1. The number of aliphatic hydroxyl groups excluding tert-OH is 1. The maximum absolute atomic E-state index is 12.9. The smallest absolute Gasteiger partial charge is 0.269 e. The highest BCUT2D eigenvalue weighted by molar-refractivity contribution is 5.95. The molecule has 1 fully saturated rings. The van der Waals surface area contributed by atoms with E-state index in [1.54, 1.807) is 0 Å². The summed E-state index contributed by atoms with van der Waals surface area (Å²) >= 11 is 0. The number of hydrogen-bond acceptors (Lipinski definition) is 7. The lowest BCUT2D eigenvalue weighted by molar-refractivity contribution is -0.384. The van der Waals surface area contributed by atoms with Crippen molar-refractivity contribution in [2.45, 2.75) is 18.9 Å². The molecule has 0 aromatic heterocycles. The number of non-ortho nitro benzene ring substituents is 1. The fourth-order valence-corrected chi connectivity index (χ4v) is 3.65. The Morgan fingerprint density at radius 2 is 1.62 bits per heavy atom. The van der Waals surface area contributed by atoms with E-state index in [2.05, 4.69) is 9.80 Å². The van der Waals surface area contributed by atoms with E-state index < -0.39 is 11.0 Å². The topological polar surface area (TPSA) is 96.2 Å². The van der Waals surface area contributed by atoms with Crippen LogP contribution in [-0.2, 0) is 0 Å². The maximum atomic E-state index is 12.9. The van der Waals surface area contributed by atoms with Crippen molar-refractivity contribution in [1.82, 2.24) is 9.80 Å². The van der Waals surface area contributed by atoms with E-state index >= 15 is 0 Å². The van der Waals surface area contributed by atoms with Crippen LogP contribution in [0.25, 0.3) is 0 Å². The first-order valence-electron chi connectivity index (χ1n) is 10.7. The van der Waals surface area contributed by atoms with Gasteiger partial charge in [-0.3, -0.25) is 19.8 Å². The van der Waals surface area contributed by atoms with Gasteiger partial charge in [-0.25, -0.2) is 4.39 Å². The molecule has 0 spiro atoms. The molecule has 1 saturated heterocycles. The maximum Gasteiger partial charge on any atom is 0.269 e. The Hall–Kier alpha value is -2.30. The summed E-state index contributed by atoms with van der Waals surface area (Å²) in [6.07, 6.45) is 0.525. The van der Waals surface area contributed by atoms with Crippen LogP contribution in [0.1, 0.15) is 23.2 Å². The number of halogens is 3. The van der Waals surface area contributed by atoms with Crippen LogP contribution in [-0.4, -0.2) is 77.6 Å². The summed E-state index contributed by atoms with van der Waals surface area (Å²) in [5.41, 5.74) is 0.539. The molecule has 1 unspecified atom stereocenters. The Morgan fingerprint density at radius 3 is 2.21 bits per heavy atom. The molecule has 0 bridgehead atoms. The van der Waals surface area contributed by atoms with Gasteiger partial charge in [0.2, 0.25) is 0 Å². The van der Waals surface area contributed by atoms with Gasteiger partial charge in [-0.2, -0.15) is 0 Å². The van der Waals surface area contributed by atoms with E-state index in [0.29, 0.717) is 24.3 Å². The van der Waals surface area contributed by atoms with Crippen molar-refractivity contribution in [2.75, 3.05) is 45.9 Å². The van der Waals surface area contributed by atoms with Crippen molar-refractivity contribution in [3.63, 3.8) is 0 Å². The van der Waals surface area contributed by atoms with Gasteiger partial charge in [-0.1, -0.05) is 0 Å². The molecular weight excluding hydrogens is 488 g/mol. The summed E-state index contributed by atoms with van der Waals surface area (Å²) in [4.78, 5) is 26.8. The fraction of sp³-hybridized carbons (Fsp3) is 0.435. The number of piperazine rings is 1. The minimum atomic E-state index is -0.662. The van der Waals surface area contributed by atoms with Crippen molar-refractivity contribution in [2.24, 2.45) is 0 Å². The van der Waals surface area contributed by atoms with E-state index in [0.717, 1.165) is 39.1 Å². The third-order valence-electron chi connectivity index (χ3n) is 5.47. The largest absolute Gasteiger partial charge is 0.491 e. The summed E-state index contributed by atoms with van der Waals surface area (Å²) < 4.78 is 18.5. The van der Waals surface area contributed by atoms with Crippen molar-refractivity contribution >= 4 is 36.3 Å². The van der Waals surface area contributed by atoms with Gasteiger partial charge in [0.05, 0.1) is 4.92 Å². The number of carbonyl (C=O) groups is 1. The molecule has 8 nitrogen and oxygen atoms in total. The second-order valence-electron chi connectivity index (χ2n) is 7.89. The van der Waals surface area contributed by atoms with Crippen molar-refractivity contribution in [1.29, 1.82) is 0 Å². The van der Waals surface area contributed by atoms with E-state index in [1.807, 2.05) is 0 Å². The first-order chi connectivity index (χ1) is 15.4. The number of ketones is 1. The Labute approximate surface area is 210 Å². The third-order valence-corrected chi connectivity index (χ3v) is 5.47. The highest BCUT2D eigenvalue weighted by Crippen LogP contribution is 2.17. The Bertz CT molecular complexity index is 894. The van der Waals surface area contributed by atoms with Crippen LogP contribution in [0.5, 0.6) is 5.75 Å². The lowest BCUT2D eigenvalue weighted by Crippen LogP contribution is -2.49. The number of carbonyl (C=O) groups excluding carboxylic acids is 1. The van der Waals surface area contributed by atoms with E-state index in [1.165, 1.54) is 48.5 Å². The summed E-state index contributed by atoms with van der Waals surface area (Å²) in [6, 6.07) is 11.4. The molecule has 0 aliphatic carbocycles. The van der Waals surface area contributed by atoms with Gasteiger partial charge in [0.1, 0.15) is 24.3 Å². The molecular formula is C23H30Cl2FN3O5. The molecule has 1 atom stereocenters. The van der Waals surface area contributed by atoms with Gasteiger partial charge < -0.3 is 14.7 Å². The van der Waals surface area contributed by atoms with Gasteiger partial charge in [-0.05, 0) is 49.4 Å². The van der Waals surface area contributed by atoms with Crippen LogP contribution in [0.15, 0.2) is 48.5 Å². The quantitative estimate of drug-likeness (QED) is 0.276. The van der Waals surface area contributed by atoms with Crippen LogP contribution >= 0.6 is 24.8 Å². The molecule has 34 heavy (non-hydrogen) atoms. The highest BCUT2D eigenvalue weighted by atomic mass is 35.5. The molecule has 3 rings (SSSR count). The van der Waals surface area contributed by atoms with Gasteiger partial charge in [0.15, 0.2) is 5.78 Å². The second kappa shape index (κ2) is 14.9. The number of nitro groups is 1. The number of β-amino-alcohol motifs (C(OH)–C–C–N with tert-alkyl or cyclic N) is 1. The van der Waals surface area contributed by atoms with Crippen LogP contribution in [0.4, 0.5) is 10.1 Å². The summed E-state index contributed by atoms with van der Waals surface area (Å²) in [5.74, 6) is 0.164. The highest BCUT2D eigenvalue weighted by Gasteiger charge is 2.20. The number of nitrogens with zero attached hydrogens (tertiary/aromatic N) is 3. The van der Waals surface area contributed by atoms with E-state index in [9.17, 15) is 24.4 Å². The zero-order valence-corrected chi connectivity index (χ0v) is 20.3. The first kappa shape index (κ1) is 29.7. The van der Waals surface area contributed by atoms with Gasteiger partial charge in [0, 0.05) is 56.8 Å². The molecule has 1 aliphatic rings. The normalized spacial score (nSPS) is 15.0. The molecule has 1 aliphatic heterocycles. The Balaban J connectivity index is 0.00000289. The van der Waals surface area contributed by atoms with Crippen molar-refractivity contribution < 1.29 is 24.0 Å². The minimum absolute atomic E-state index is 0. The predicted octanol–water partition coefficient (Wildman–Crippen LogP) is 3.60. The second-order valence-corrected chi connectivity index (χ2v) is 7.89. The number of aliphatic hydroxyl groups is 1. The molecule has 0 saturated carbocycles. The summed E-state index contributed by atoms with van der Waals surface area (Å²) in [7, 11) is 0. The lowest BCUT2D eigenvalue weighted by Gasteiger charge is -2.35. The summed E-state index contributed by atoms with van der Waals surface area (Å²) in [5, 5.41) is 20.9. The average Bonchev–Trinajstić information content (AvgIpc) is 2.79. The average molecular weight is 518 g/mol. The lowest BCUT2D eigenvalue weighted by atomic mass is 10.1. The van der Waals surface area contributed by atoms with Crippen molar-refractivity contribution in [3.8, 4) is 5.75 Å². The molecule has 2 aromatic rings. The molecule has 0 radical (unpaired) electrons.